The van der Waals surface area contributed by atoms with Gasteiger partial charge in [0.05, 0.1) is 11.4 Å². The summed E-state index contributed by atoms with van der Waals surface area (Å²) in [4.78, 5) is 4.49. The number of hydrogen-bond donors (Lipinski definition) is 2. The Balaban J connectivity index is 1.87. The first-order chi connectivity index (χ1) is 13.2. The van der Waals surface area contributed by atoms with E-state index < -0.39 is 9.84 Å². The molecule has 1 unspecified atom stereocenters. The summed E-state index contributed by atoms with van der Waals surface area (Å²) in [6.07, 6.45) is 1.00. The fraction of sp³-hybridized carbons (Fsp3) is 0.350. The summed E-state index contributed by atoms with van der Waals surface area (Å²) in [7, 11) is -1.57. The maximum absolute atomic E-state index is 13.2. The Hall–Kier alpha value is -2.61. The van der Waals surface area contributed by atoms with Gasteiger partial charge in [0.2, 0.25) is 0 Å². The van der Waals surface area contributed by atoms with E-state index in [1.54, 1.807) is 38.2 Å². The maximum Gasteiger partial charge on any atom is 0.191 e. The van der Waals surface area contributed by atoms with Crippen molar-refractivity contribution < 1.29 is 17.5 Å². The van der Waals surface area contributed by atoms with Crippen LogP contribution in [0.1, 0.15) is 18.1 Å². The van der Waals surface area contributed by atoms with Crippen LogP contribution in [0.5, 0.6) is 5.75 Å². The van der Waals surface area contributed by atoms with Gasteiger partial charge in [0.1, 0.15) is 17.7 Å². The Labute approximate surface area is 165 Å². The molecule has 0 spiro atoms. The van der Waals surface area contributed by atoms with Crippen molar-refractivity contribution in [2.24, 2.45) is 4.99 Å². The molecule has 0 fully saturated rings. The van der Waals surface area contributed by atoms with Gasteiger partial charge in [-0.3, -0.25) is 4.99 Å². The predicted molar refractivity (Wildman–Crippen MR) is 109 cm³/mol. The number of rotatable bonds is 7. The van der Waals surface area contributed by atoms with Gasteiger partial charge in [-0.2, -0.15) is 0 Å². The van der Waals surface area contributed by atoms with Crippen molar-refractivity contribution in [1.29, 1.82) is 0 Å². The molecule has 0 saturated carbocycles. The summed E-state index contributed by atoms with van der Waals surface area (Å²) < 4.78 is 42.3. The molecule has 0 radical (unpaired) electrons. The minimum absolute atomic E-state index is 0.198. The maximum atomic E-state index is 13.2. The Bertz CT molecular complexity index is 945. The zero-order valence-electron chi connectivity index (χ0n) is 16.5. The zero-order chi connectivity index (χ0) is 20.7. The van der Waals surface area contributed by atoms with Gasteiger partial charge in [-0.25, -0.2) is 12.8 Å². The van der Waals surface area contributed by atoms with Crippen molar-refractivity contribution in [3.63, 3.8) is 0 Å². The molecule has 28 heavy (non-hydrogen) atoms. The van der Waals surface area contributed by atoms with E-state index in [-0.39, 0.29) is 11.9 Å². The number of guanidine groups is 1. The van der Waals surface area contributed by atoms with Gasteiger partial charge in [0, 0.05) is 25.9 Å². The average molecular weight is 408 g/mol. The van der Waals surface area contributed by atoms with Crippen LogP contribution in [0.3, 0.4) is 0 Å². The second-order valence-electron chi connectivity index (χ2n) is 6.56. The molecule has 0 heterocycles. The van der Waals surface area contributed by atoms with Crippen LogP contribution in [-0.2, 0) is 16.4 Å². The second-order valence-corrected chi connectivity index (χ2v) is 8.55. The van der Waals surface area contributed by atoms with E-state index in [4.69, 9.17) is 4.74 Å². The van der Waals surface area contributed by atoms with Crippen LogP contribution in [0.4, 0.5) is 4.39 Å². The molecular formula is C20H26FN3O3S. The van der Waals surface area contributed by atoms with Crippen LogP contribution in [0.2, 0.25) is 0 Å². The lowest BCUT2D eigenvalue weighted by molar-refractivity contribution is 0.223. The number of aliphatic imine (C=N–C) groups is 1. The summed E-state index contributed by atoms with van der Waals surface area (Å²) in [5.41, 5.74) is 1.65. The highest BCUT2D eigenvalue weighted by Gasteiger charge is 2.11. The third-order valence-corrected chi connectivity index (χ3v) is 5.27. The van der Waals surface area contributed by atoms with Crippen LogP contribution in [0, 0.1) is 12.7 Å². The largest absolute Gasteiger partial charge is 0.489 e. The van der Waals surface area contributed by atoms with E-state index in [0.29, 0.717) is 35.3 Å². The first-order valence-corrected chi connectivity index (χ1v) is 10.7. The highest BCUT2D eigenvalue weighted by atomic mass is 32.2. The third-order valence-electron chi connectivity index (χ3n) is 4.01. The number of halogens is 1. The molecule has 152 valence electrons. The average Bonchev–Trinajstić information content (AvgIpc) is 2.61. The Morgan fingerprint density at radius 2 is 1.96 bits per heavy atom. The molecule has 8 heteroatoms. The minimum atomic E-state index is -3.23. The first kappa shape index (κ1) is 21.7. The van der Waals surface area contributed by atoms with Gasteiger partial charge in [0.15, 0.2) is 15.8 Å². The van der Waals surface area contributed by atoms with Crippen LogP contribution in [0.15, 0.2) is 52.4 Å². The Morgan fingerprint density at radius 3 is 2.57 bits per heavy atom. The third kappa shape index (κ3) is 6.53. The molecular weight excluding hydrogens is 381 g/mol. The molecule has 1 atom stereocenters. The predicted octanol–water partition coefficient (Wildman–Crippen LogP) is 2.67. The lowest BCUT2D eigenvalue weighted by Crippen LogP contribution is -2.41. The summed E-state index contributed by atoms with van der Waals surface area (Å²) in [6, 6.07) is 11.2. The van der Waals surface area contributed by atoms with E-state index in [2.05, 4.69) is 15.6 Å². The smallest absolute Gasteiger partial charge is 0.191 e. The fourth-order valence-corrected chi connectivity index (χ4v) is 3.66. The normalized spacial score (nSPS) is 13.1. The summed E-state index contributed by atoms with van der Waals surface area (Å²) >= 11 is 0. The Morgan fingerprint density at radius 1 is 1.21 bits per heavy atom. The van der Waals surface area contributed by atoms with E-state index in [1.165, 1.54) is 18.4 Å². The molecule has 6 nitrogen and oxygen atoms in total. The summed E-state index contributed by atoms with van der Waals surface area (Å²) in [5, 5.41) is 6.32. The number of nitrogens with zero attached hydrogens (tertiary/aromatic N) is 1. The van der Waals surface area contributed by atoms with Gasteiger partial charge in [-0.05, 0) is 43.2 Å². The van der Waals surface area contributed by atoms with Gasteiger partial charge in [-0.1, -0.05) is 18.2 Å². The zero-order valence-corrected chi connectivity index (χ0v) is 17.3. The second kappa shape index (κ2) is 9.54. The molecule has 0 aliphatic rings. The standard InChI is InChI=1S/C20H26FN3O3S/c1-14-10-16(8-9-19(14)28(4,25)26)13-24-20(22-3)23-12-15(2)27-18-7-5-6-17(21)11-18/h5-11,15H,12-13H2,1-4H3,(H2,22,23,24). The molecule has 2 rings (SSSR count). The molecule has 2 N–H and O–H groups in total. The van der Waals surface area contributed by atoms with Crippen LogP contribution < -0.4 is 15.4 Å². The van der Waals surface area contributed by atoms with Crippen molar-refractivity contribution in [3.8, 4) is 5.75 Å². The number of hydrogen-bond acceptors (Lipinski definition) is 4. The van der Waals surface area contributed by atoms with Gasteiger partial charge < -0.3 is 15.4 Å². The molecule has 0 aliphatic carbocycles. The number of aryl methyl sites for hydroxylation is 1. The topological polar surface area (TPSA) is 79.8 Å². The van der Waals surface area contributed by atoms with Crippen LogP contribution >= 0.6 is 0 Å². The molecule has 2 aromatic carbocycles. The first-order valence-electron chi connectivity index (χ1n) is 8.85. The molecule has 0 amide bonds. The Kier molecular flexibility index (Phi) is 7.39. The number of sulfone groups is 1. The molecule has 0 aliphatic heterocycles. The van der Waals surface area contributed by atoms with Crippen molar-refractivity contribution >= 4 is 15.8 Å². The SMILES string of the molecule is CN=C(NCc1ccc(S(C)(=O)=O)c(C)c1)NCC(C)Oc1cccc(F)c1. The van der Waals surface area contributed by atoms with E-state index >= 15 is 0 Å². The highest BCUT2D eigenvalue weighted by molar-refractivity contribution is 7.90. The van der Waals surface area contributed by atoms with Crippen molar-refractivity contribution in [1.82, 2.24) is 10.6 Å². The summed E-state index contributed by atoms with van der Waals surface area (Å²) in [6.45, 7) is 4.61. The quantitative estimate of drug-likeness (QED) is 0.545. The minimum Gasteiger partial charge on any atom is -0.489 e. The van der Waals surface area contributed by atoms with E-state index in [0.717, 1.165) is 5.56 Å². The molecule has 0 aromatic heterocycles. The van der Waals surface area contributed by atoms with E-state index in [1.807, 2.05) is 13.0 Å². The van der Waals surface area contributed by atoms with Gasteiger partial charge in [-0.15, -0.1) is 0 Å². The van der Waals surface area contributed by atoms with Crippen LogP contribution in [-0.4, -0.2) is 40.3 Å². The number of benzene rings is 2. The van der Waals surface area contributed by atoms with Gasteiger partial charge >= 0.3 is 0 Å². The van der Waals surface area contributed by atoms with Crippen LogP contribution in [0.25, 0.3) is 0 Å². The monoisotopic (exact) mass is 407 g/mol. The fourth-order valence-electron chi connectivity index (χ4n) is 2.70. The molecule has 2 aromatic rings. The lowest BCUT2D eigenvalue weighted by atomic mass is 10.1. The number of nitrogens with one attached hydrogen (secondary N) is 2. The van der Waals surface area contributed by atoms with Crippen molar-refractivity contribution in [3.05, 3.63) is 59.4 Å². The lowest BCUT2D eigenvalue weighted by Gasteiger charge is -2.18. The number of ether oxygens (including phenoxy) is 1. The van der Waals surface area contributed by atoms with Crippen molar-refractivity contribution in [2.75, 3.05) is 19.8 Å². The van der Waals surface area contributed by atoms with Gasteiger partial charge in [0.25, 0.3) is 0 Å². The van der Waals surface area contributed by atoms with Crippen molar-refractivity contribution in [2.45, 2.75) is 31.4 Å². The van der Waals surface area contributed by atoms with E-state index in [9.17, 15) is 12.8 Å². The summed E-state index contributed by atoms with van der Waals surface area (Å²) in [5.74, 6) is 0.713. The highest BCUT2D eigenvalue weighted by Crippen LogP contribution is 2.16. The molecule has 0 saturated heterocycles. The molecule has 0 bridgehead atoms.